The molecular formula is C10H20N2O3S. The second kappa shape index (κ2) is 10.8. The Kier molecular flexibility index (Phi) is 10.3. The van der Waals surface area contributed by atoms with Gasteiger partial charge in [-0.15, -0.1) is 0 Å². The van der Waals surface area contributed by atoms with Crippen LogP contribution < -0.4 is 11.1 Å². The minimum Gasteiger partial charge on any atom is -0.481 e. The highest BCUT2D eigenvalue weighted by Gasteiger charge is 2.03. The van der Waals surface area contributed by atoms with Crippen LogP contribution in [0.4, 0.5) is 4.79 Å². The molecule has 0 aliphatic heterocycles. The van der Waals surface area contributed by atoms with Crippen LogP contribution in [0.1, 0.15) is 32.1 Å². The van der Waals surface area contributed by atoms with Gasteiger partial charge >= 0.3 is 5.97 Å². The first-order valence-corrected chi connectivity index (χ1v) is 6.48. The lowest BCUT2D eigenvalue weighted by Crippen LogP contribution is -2.20. The van der Waals surface area contributed by atoms with E-state index >= 15 is 0 Å². The maximum Gasteiger partial charge on any atom is 0.304 e. The molecule has 0 spiro atoms. The van der Waals surface area contributed by atoms with Gasteiger partial charge in [0.1, 0.15) is 0 Å². The molecule has 16 heavy (non-hydrogen) atoms. The molecular weight excluding hydrogens is 228 g/mol. The number of carboxylic acid groups (broad SMARTS) is 1. The van der Waals surface area contributed by atoms with Crippen molar-refractivity contribution in [3.8, 4) is 0 Å². The summed E-state index contributed by atoms with van der Waals surface area (Å²) in [6, 6.07) is 0. The van der Waals surface area contributed by atoms with Gasteiger partial charge in [0.2, 0.25) is 0 Å². The highest BCUT2D eigenvalue weighted by atomic mass is 32.2. The summed E-state index contributed by atoms with van der Waals surface area (Å²) in [7, 11) is 0. The van der Waals surface area contributed by atoms with Crippen LogP contribution in [0.3, 0.4) is 0 Å². The summed E-state index contributed by atoms with van der Waals surface area (Å²) >= 11 is 1.02. The van der Waals surface area contributed by atoms with E-state index in [-0.39, 0.29) is 11.7 Å². The predicted molar refractivity (Wildman–Crippen MR) is 65.6 cm³/mol. The number of nitrogens with one attached hydrogen (secondary N) is 1. The molecule has 0 unspecified atom stereocenters. The van der Waals surface area contributed by atoms with Gasteiger partial charge < -0.3 is 16.2 Å². The number of carbonyl (C=O) groups is 2. The van der Waals surface area contributed by atoms with Crippen LogP contribution in [0, 0.1) is 0 Å². The summed E-state index contributed by atoms with van der Waals surface area (Å²) in [5.41, 5.74) is 5.35. The molecule has 94 valence electrons. The molecule has 0 aliphatic carbocycles. The van der Waals surface area contributed by atoms with Crippen LogP contribution in [0.15, 0.2) is 0 Å². The molecule has 1 amide bonds. The quantitative estimate of drug-likeness (QED) is 0.537. The van der Waals surface area contributed by atoms with Crippen molar-refractivity contribution >= 4 is 23.0 Å². The Morgan fingerprint density at radius 1 is 1.19 bits per heavy atom. The van der Waals surface area contributed by atoms with Crippen LogP contribution in [0.2, 0.25) is 0 Å². The van der Waals surface area contributed by atoms with E-state index in [0.717, 1.165) is 44.0 Å². The van der Waals surface area contributed by atoms with Crippen molar-refractivity contribution < 1.29 is 14.7 Å². The molecule has 0 atom stereocenters. The third-order valence-corrected chi connectivity index (χ3v) is 2.76. The van der Waals surface area contributed by atoms with Crippen LogP contribution in [0.5, 0.6) is 0 Å². The van der Waals surface area contributed by atoms with Crippen molar-refractivity contribution in [3.05, 3.63) is 0 Å². The SMILES string of the molecule is NCCCCCCNC(=O)SCCC(=O)O. The molecule has 0 bridgehead atoms. The highest BCUT2D eigenvalue weighted by molar-refractivity contribution is 8.13. The predicted octanol–water partition coefficient (Wildman–Crippen LogP) is 1.42. The number of unbranched alkanes of at least 4 members (excludes halogenated alkanes) is 3. The summed E-state index contributed by atoms with van der Waals surface area (Å²) in [6.45, 7) is 1.38. The Balaban J connectivity index is 3.20. The Morgan fingerprint density at radius 2 is 1.88 bits per heavy atom. The third kappa shape index (κ3) is 11.3. The van der Waals surface area contributed by atoms with E-state index < -0.39 is 5.97 Å². The number of rotatable bonds is 9. The van der Waals surface area contributed by atoms with E-state index in [4.69, 9.17) is 10.8 Å². The summed E-state index contributed by atoms with van der Waals surface area (Å²) in [4.78, 5) is 21.3. The topological polar surface area (TPSA) is 92.4 Å². The first-order valence-electron chi connectivity index (χ1n) is 5.49. The van der Waals surface area contributed by atoms with Gasteiger partial charge in [0.25, 0.3) is 5.24 Å². The molecule has 0 heterocycles. The average Bonchev–Trinajstić information content (AvgIpc) is 2.22. The molecule has 0 aliphatic rings. The van der Waals surface area contributed by atoms with E-state index in [2.05, 4.69) is 5.32 Å². The van der Waals surface area contributed by atoms with Gasteiger partial charge in [0, 0.05) is 12.3 Å². The molecule has 0 fully saturated rings. The minimum atomic E-state index is -0.873. The largest absolute Gasteiger partial charge is 0.481 e. The maximum absolute atomic E-state index is 11.2. The van der Waals surface area contributed by atoms with E-state index in [0.29, 0.717) is 12.3 Å². The Hall–Kier alpha value is -0.750. The molecule has 0 rings (SSSR count). The van der Waals surface area contributed by atoms with E-state index in [1.54, 1.807) is 0 Å². The number of hydrogen-bond donors (Lipinski definition) is 3. The Bertz CT molecular complexity index is 212. The van der Waals surface area contributed by atoms with Crippen LogP contribution in [-0.4, -0.2) is 35.2 Å². The van der Waals surface area contributed by atoms with E-state index in [9.17, 15) is 9.59 Å². The number of thioether (sulfide) groups is 1. The van der Waals surface area contributed by atoms with Gasteiger partial charge in [0.05, 0.1) is 6.42 Å². The number of carbonyl (C=O) groups excluding carboxylic acids is 1. The molecule has 0 aromatic heterocycles. The molecule has 6 heteroatoms. The normalized spacial score (nSPS) is 10.1. The van der Waals surface area contributed by atoms with Crippen molar-refractivity contribution in [2.24, 2.45) is 5.73 Å². The zero-order valence-corrected chi connectivity index (χ0v) is 10.2. The van der Waals surface area contributed by atoms with Crippen molar-refractivity contribution in [1.82, 2.24) is 5.32 Å². The van der Waals surface area contributed by atoms with Crippen molar-refractivity contribution in [1.29, 1.82) is 0 Å². The summed E-state index contributed by atoms with van der Waals surface area (Å²) in [5.74, 6) is -0.545. The summed E-state index contributed by atoms with van der Waals surface area (Å²) < 4.78 is 0. The first kappa shape index (κ1) is 15.2. The van der Waals surface area contributed by atoms with E-state index in [1.165, 1.54) is 0 Å². The fraction of sp³-hybridized carbons (Fsp3) is 0.800. The number of carboxylic acids is 1. The highest BCUT2D eigenvalue weighted by Crippen LogP contribution is 2.04. The molecule has 0 saturated carbocycles. The smallest absolute Gasteiger partial charge is 0.304 e. The third-order valence-electron chi connectivity index (χ3n) is 1.95. The average molecular weight is 248 g/mol. The molecule has 0 radical (unpaired) electrons. The number of aliphatic carboxylic acids is 1. The summed E-state index contributed by atoms with van der Waals surface area (Å²) in [6.07, 6.45) is 4.16. The molecule has 0 aromatic rings. The Labute approximate surface area is 100 Å². The Morgan fingerprint density at radius 3 is 2.50 bits per heavy atom. The number of amides is 1. The lowest BCUT2D eigenvalue weighted by molar-refractivity contribution is -0.136. The standard InChI is InChI=1S/C10H20N2O3S/c11-6-3-1-2-4-7-12-10(15)16-8-5-9(13)14/h1-8,11H2,(H,12,15)(H,13,14). The number of nitrogens with two attached hydrogens (primary N) is 1. The zero-order valence-electron chi connectivity index (χ0n) is 9.41. The first-order chi connectivity index (χ1) is 7.66. The molecule has 0 aromatic carbocycles. The van der Waals surface area contributed by atoms with Gasteiger partial charge in [-0.2, -0.15) is 0 Å². The second-order valence-electron chi connectivity index (χ2n) is 3.41. The van der Waals surface area contributed by atoms with Crippen LogP contribution >= 0.6 is 11.8 Å². The fourth-order valence-corrected chi connectivity index (χ4v) is 1.76. The molecule has 5 nitrogen and oxygen atoms in total. The lowest BCUT2D eigenvalue weighted by atomic mass is 10.2. The summed E-state index contributed by atoms with van der Waals surface area (Å²) in [5, 5.41) is 11.0. The maximum atomic E-state index is 11.2. The second-order valence-corrected chi connectivity index (χ2v) is 4.48. The van der Waals surface area contributed by atoms with Gasteiger partial charge in [-0.25, -0.2) is 0 Å². The van der Waals surface area contributed by atoms with Crippen molar-refractivity contribution in [2.45, 2.75) is 32.1 Å². The van der Waals surface area contributed by atoms with Gasteiger partial charge in [0.15, 0.2) is 0 Å². The minimum absolute atomic E-state index is 0.0224. The van der Waals surface area contributed by atoms with Gasteiger partial charge in [-0.05, 0) is 19.4 Å². The van der Waals surface area contributed by atoms with Gasteiger partial charge in [-0.3, -0.25) is 9.59 Å². The zero-order chi connectivity index (χ0) is 12.2. The molecule has 0 saturated heterocycles. The number of hydrogen-bond acceptors (Lipinski definition) is 4. The monoisotopic (exact) mass is 248 g/mol. The van der Waals surface area contributed by atoms with Crippen LogP contribution in [-0.2, 0) is 4.79 Å². The lowest BCUT2D eigenvalue weighted by Gasteiger charge is -2.03. The molecule has 4 N–H and O–H groups in total. The fourth-order valence-electron chi connectivity index (χ4n) is 1.10. The van der Waals surface area contributed by atoms with Crippen molar-refractivity contribution in [2.75, 3.05) is 18.8 Å². The van der Waals surface area contributed by atoms with Crippen LogP contribution in [0.25, 0.3) is 0 Å². The van der Waals surface area contributed by atoms with E-state index in [1.807, 2.05) is 0 Å². The van der Waals surface area contributed by atoms with Crippen molar-refractivity contribution in [3.63, 3.8) is 0 Å². The van der Waals surface area contributed by atoms with Gasteiger partial charge in [-0.1, -0.05) is 24.6 Å².